The van der Waals surface area contributed by atoms with Crippen molar-refractivity contribution in [3.63, 3.8) is 0 Å². The van der Waals surface area contributed by atoms with E-state index in [-0.39, 0.29) is 18.2 Å². The molecule has 3 nitrogen and oxygen atoms in total. The normalized spacial score (nSPS) is 16.4. The van der Waals surface area contributed by atoms with E-state index in [4.69, 9.17) is 0 Å². The number of nitrogens with zero attached hydrogens (tertiary/aromatic N) is 2. The summed E-state index contributed by atoms with van der Waals surface area (Å²) < 4.78 is 13.8. The van der Waals surface area contributed by atoms with E-state index in [1.54, 1.807) is 18.3 Å². The highest BCUT2D eigenvalue weighted by molar-refractivity contribution is 5.85. The van der Waals surface area contributed by atoms with Crippen molar-refractivity contribution in [2.45, 2.75) is 26.3 Å². The average molecular weight is 338 g/mol. The van der Waals surface area contributed by atoms with Gasteiger partial charge in [0.25, 0.3) is 0 Å². The number of pyridine rings is 1. The van der Waals surface area contributed by atoms with Crippen molar-refractivity contribution in [2.75, 3.05) is 26.2 Å². The van der Waals surface area contributed by atoms with Crippen LogP contribution in [0.5, 0.6) is 0 Å². The van der Waals surface area contributed by atoms with Gasteiger partial charge in [-0.3, -0.25) is 9.88 Å². The number of fused-ring (bicyclic) bond motifs is 1. The molecule has 1 aromatic carbocycles. The molecule has 0 radical (unpaired) electrons. The molecule has 0 spiro atoms. The van der Waals surface area contributed by atoms with Gasteiger partial charge in [-0.15, -0.1) is 12.4 Å². The Balaban J connectivity index is 0.00000192. The minimum absolute atomic E-state index is 0. The Kier molecular flexibility index (Phi) is 6.75. The predicted octanol–water partition coefficient (Wildman–Crippen LogP) is 3.62. The highest BCUT2D eigenvalue weighted by Crippen LogP contribution is 2.23. The van der Waals surface area contributed by atoms with Crippen LogP contribution in [0.3, 0.4) is 0 Å². The topological polar surface area (TPSA) is 28.2 Å². The van der Waals surface area contributed by atoms with E-state index >= 15 is 0 Å². The third-order valence-electron chi connectivity index (χ3n) is 4.53. The summed E-state index contributed by atoms with van der Waals surface area (Å²) in [5, 5.41) is 4.32. The van der Waals surface area contributed by atoms with E-state index in [2.05, 4.69) is 22.1 Å². The van der Waals surface area contributed by atoms with Crippen molar-refractivity contribution < 1.29 is 4.39 Å². The SMILES string of the molecule is CCNCC1CCN(Cc2cc(F)cc3cccnc23)CC1.Cl. The molecule has 1 N–H and O–H groups in total. The third kappa shape index (κ3) is 4.63. The standard InChI is InChI=1S/C18H24FN3.ClH/c1-2-20-12-14-5-8-22(9-6-14)13-16-11-17(19)10-15-4-3-7-21-18(15)16;/h3-4,7,10-11,14,20H,2,5-6,8-9,12-13H2,1H3;1H. The summed E-state index contributed by atoms with van der Waals surface area (Å²) in [6, 6.07) is 6.99. The number of nitrogens with one attached hydrogen (secondary N) is 1. The number of likely N-dealkylation sites (tertiary alicyclic amines) is 1. The fourth-order valence-corrected chi connectivity index (χ4v) is 3.29. The summed E-state index contributed by atoms with van der Waals surface area (Å²) in [7, 11) is 0. The van der Waals surface area contributed by atoms with Gasteiger partial charge >= 0.3 is 0 Å². The number of hydrogen-bond donors (Lipinski definition) is 1. The van der Waals surface area contributed by atoms with E-state index in [9.17, 15) is 4.39 Å². The maximum absolute atomic E-state index is 13.8. The zero-order valence-electron chi connectivity index (χ0n) is 13.6. The van der Waals surface area contributed by atoms with E-state index in [0.717, 1.165) is 55.1 Å². The number of hydrogen-bond acceptors (Lipinski definition) is 3. The van der Waals surface area contributed by atoms with Gasteiger partial charge in [-0.05, 0) is 68.7 Å². The molecular formula is C18H25ClFN3. The lowest BCUT2D eigenvalue weighted by Crippen LogP contribution is -2.36. The first-order chi connectivity index (χ1) is 10.8. The van der Waals surface area contributed by atoms with Gasteiger partial charge in [-0.2, -0.15) is 0 Å². The fraction of sp³-hybridized carbons (Fsp3) is 0.500. The van der Waals surface area contributed by atoms with Crippen LogP contribution in [0.15, 0.2) is 30.5 Å². The van der Waals surface area contributed by atoms with Crippen LogP contribution in [0.25, 0.3) is 10.9 Å². The highest BCUT2D eigenvalue weighted by Gasteiger charge is 2.19. The summed E-state index contributed by atoms with van der Waals surface area (Å²) in [5.41, 5.74) is 1.93. The Hall–Kier alpha value is -1.23. The largest absolute Gasteiger partial charge is 0.317 e. The fourth-order valence-electron chi connectivity index (χ4n) is 3.29. The molecule has 126 valence electrons. The third-order valence-corrected chi connectivity index (χ3v) is 4.53. The lowest BCUT2D eigenvalue weighted by molar-refractivity contribution is 0.176. The molecule has 0 unspecified atom stereocenters. The first-order valence-corrected chi connectivity index (χ1v) is 8.22. The quantitative estimate of drug-likeness (QED) is 0.903. The Morgan fingerprint density at radius 3 is 2.83 bits per heavy atom. The molecule has 1 aromatic heterocycles. The molecule has 3 rings (SSSR count). The van der Waals surface area contributed by atoms with Crippen LogP contribution < -0.4 is 5.32 Å². The maximum Gasteiger partial charge on any atom is 0.124 e. The van der Waals surface area contributed by atoms with Gasteiger partial charge in [0, 0.05) is 18.1 Å². The summed E-state index contributed by atoms with van der Waals surface area (Å²) in [6.45, 7) is 7.27. The lowest BCUT2D eigenvalue weighted by atomic mass is 9.96. The molecule has 2 heterocycles. The van der Waals surface area contributed by atoms with Gasteiger partial charge in [0.15, 0.2) is 0 Å². The number of aromatic nitrogens is 1. The predicted molar refractivity (Wildman–Crippen MR) is 95.5 cm³/mol. The van der Waals surface area contributed by atoms with E-state index in [0.29, 0.717) is 0 Å². The van der Waals surface area contributed by atoms with Gasteiger partial charge in [-0.25, -0.2) is 4.39 Å². The van der Waals surface area contributed by atoms with Gasteiger partial charge in [0.05, 0.1) is 5.52 Å². The highest BCUT2D eigenvalue weighted by atomic mass is 35.5. The van der Waals surface area contributed by atoms with Crippen LogP contribution in [0.4, 0.5) is 4.39 Å². The first kappa shape index (κ1) is 18.1. The average Bonchev–Trinajstić information content (AvgIpc) is 2.54. The summed E-state index contributed by atoms with van der Waals surface area (Å²) >= 11 is 0. The van der Waals surface area contributed by atoms with Crippen LogP contribution in [0.1, 0.15) is 25.3 Å². The molecule has 0 aliphatic carbocycles. The minimum atomic E-state index is -0.169. The molecule has 1 aliphatic rings. The minimum Gasteiger partial charge on any atom is -0.317 e. The van der Waals surface area contributed by atoms with Crippen molar-refractivity contribution >= 4 is 23.3 Å². The van der Waals surface area contributed by atoms with E-state index in [1.165, 1.54) is 12.8 Å². The molecular weight excluding hydrogens is 313 g/mol. The van der Waals surface area contributed by atoms with Crippen LogP contribution >= 0.6 is 12.4 Å². The van der Waals surface area contributed by atoms with Crippen molar-refractivity contribution in [1.29, 1.82) is 0 Å². The summed E-state index contributed by atoms with van der Waals surface area (Å²) in [4.78, 5) is 6.86. The monoisotopic (exact) mass is 337 g/mol. The maximum atomic E-state index is 13.8. The van der Waals surface area contributed by atoms with Crippen LogP contribution in [0.2, 0.25) is 0 Å². The van der Waals surface area contributed by atoms with Crippen LogP contribution in [-0.2, 0) is 6.54 Å². The molecule has 1 fully saturated rings. The second-order valence-electron chi connectivity index (χ2n) is 6.17. The molecule has 0 amide bonds. The first-order valence-electron chi connectivity index (χ1n) is 8.22. The summed E-state index contributed by atoms with van der Waals surface area (Å²) in [5.74, 6) is 0.608. The molecule has 0 saturated carbocycles. The summed E-state index contributed by atoms with van der Waals surface area (Å²) in [6.07, 6.45) is 4.22. The molecule has 23 heavy (non-hydrogen) atoms. The second-order valence-corrected chi connectivity index (χ2v) is 6.17. The Labute approximate surface area is 143 Å². The molecule has 2 aromatic rings. The van der Waals surface area contributed by atoms with E-state index in [1.807, 2.05) is 12.1 Å². The van der Waals surface area contributed by atoms with Gasteiger partial charge in [-0.1, -0.05) is 13.0 Å². The van der Waals surface area contributed by atoms with Gasteiger partial charge < -0.3 is 5.32 Å². The Morgan fingerprint density at radius 2 is 2.09 bits per heavy atom. The Morgan fingerprint density at radius 1 is 1.30 bits per heavy atom. The van der Waals surface area contributed by atoms with E-state index < -0.39 is 0 Å². The van der Waals surface area contributed by atoms with Crippen LogP contribution in [-0.4, -0.2) is 36.1 Å². The molecule has 1 saturated heterocycles. The van der Waals surface area contributed by atoms with Crippen molar-refractivity contribution in [3.05, 3.63) is 41.8 Å². The second kappa shape index (κ2) is 8.57. The number of piperidine rings is 1. The van der Waals surface area contributed by atoms with Gasteiger partial charge in [0.1, 0.15) is 5.82 Å². The smallest absolute Gasteiger partial charge is 0.124 e. The molecule has 0 atom stereocenters. The van der Waals surface area contributed by atoms with Gasteiger partial charge in [0.2, 0.25) is 0 Å². The lowest BCUT2D eigenvalue weighted by Gasteiger charge is -2.32. The zero-order valence-corrected chi connectivity index (χ0v) is 14.4. The van der Waals surface area contributed by atoms with Crippen LogP contribution in [0, 0.1) is 11.7 Å². The zero-order chi connectivity index (χ0) is 15.4. The van der Waals surface area contributed by atoms with Crippen molar-refractivity contribution in [1.82, 2.24) is 15.2 Å². The molecule has 1 aliphatic heterocycles. The van der Waals surface area contributed by atoms with Crippen molar-refractivity contribution in [3.8, 4) is 0 Å². The number of benzene rings is 1. The molecule has 5 heteroatoms. The number of rotatable bonds is 5. The number of halogens is 2. The molecule has 0 bridgehead atoms. The Bertz CT molecular complexity index is 627. The van der Waals surface area contributed by atoms with Crippen molar-refractivity contribution in [2.24, 2.45) is 5.92 Å².